The second-order valence-corrected chi connectivity index (χ2v) is 12.7. The molecule has 4 rings (SSSR count). The summed E-state index contributed by atoms with van der Waals surface area (Å²) in [4.78, 5) is 18.2. The van der Waals surface area contributed by atoms with E-state index in [1.165, 1.54) is 4.68 Å². The van der Waals surface area contributed by atoms with Crippen LogP contribution >= 0.6 is 79.6 Å². The first kappa shape index (κ1) is 29.5. The fourth-order valence-electron chi connectivity index (χ4n) is 3.67. The number of halogens is 5. The van der Waals surface area contributed by atoms with Crippen LogP contribution in [0.1, 0.15) is 43.1 Å². The molecule has 0 saturated heterocycles. The number of hydrogen-bond donors (Lipinski definition) is 0. The zero-order valence-corrected chi connectivity index (χ0v) is 28.5. The van der Waals surface area contributed by atoms with Gasteiger partial charge in [0, 0.05) is 34.9 Å². The molecule has 0 N–H and O–H groups in total. The molecule has 0 radical (unpaired) electrons. The first-order valence-corrected chi connectivity index (χ1v) is 15.5. The van der Waals surface area contributed by atoms with Gasteiger partial charge in [-0.3, -0.25) is 4.79 Å². The predicted octanol–water partition coefficient (Wildman–Crippen LogP) is 9.19. The van der Waals surface area contributed by atoms with Crippen LogP contribution in [0.25, 0.3) is 10.9 Å². The minimum atomic E-state index is -0.231. The Morgan fingerprint density at radius 2 is 1.74 bits per heavy atom. The number of aromatic nitrogens is 2. The second-order valence-electron chi connectivity index (χ2n) is 8.45. The van der Waals surface area contributed by atoms with Crippen molar-refractivity contribution in [2.45, 2.75) is 32.8 Å². The molecule has 0 spiro atoms. The van der Waals surface area contributed by atoms with Gasteiger partial charge in [-0.15, -0.1) is 0 Å². The molecule has 38 heavy (non-hydrogen) atoms. The Kier molecular flexibility index (Phi) is 9.89. The zero-order valence-electron chi connectivity index (χ0n) is 20.6. The quantitative estimate of drug-likeness (QED) is 0.166. The third kappa shape index (κ3) is 6.27. The normalized spacial score (nSPS) is 12.3. The van der Waals surface area contributed by atoms with Gasteiger partial charge in [-0.25, -0.2) is 4.98 Å². The third-order valence-electron chi connectivity index (χ3n) is 5.96. The largest absolute Gasteiger partial charge is 0.493 e. The van der Waals surface area contributed by atoms with Crippen LogP contribution in [0.15, 0.2) is 74.7 Å². The molecular formula is C27H22Br5N3O3. The van der Waals surface area contributed by atoms with E-state index >= 15 is 0 Å². The molecule has 0 unspecified atom stereocenters. The van der Waals surface area contributed by atoms with E-state index in [4.69, 9.17) is 14.5 Å². The molecule has 6 nitrogen and oxygen atoms in total. The minimum absolute atomic E-state index is 0.0336. The number of benzene rings is 3. The number of fused-ring (bicyclic) bond motifs is 1. The highest BCUT2D eigenvalue weighted by atomic mass is 79.9. The van der Waals surface area contributed by atoms with Gasteiger partial charge in [-0.2, -0.15) is 9.78 Å². The molecule has 0 fully saturated rings. The van der Waals surface area contributed by atoms with Crippen molar-refractivity contribution in [3.05, 3.63) is 92.1 Å². The Labute approximate surface area is 262 Å². The summed E-state index contributed by atoms with van der Waals surface area (Å²) in [7, 11) is 1.58. The van der Waals surface area contributed by atoms with Gasteiger partial charge in [0.15, 0.2) is 11.5 Å². The summed E-state index contributed by atoms with van der Waals surface area (Å²) in [5, 5.41) is 5.08. The monoisotopic (exact) mass is 831 g/mol. The highest BCUT2D eigenvalue weighted by Crippen LogP contribution is 2.43. The maximum absolute atomic E-state index is 13.5. The minimum Gasteiger partial charge on any atom is -0.493 e. The van der Waals surface area contributed by atoms with Gasteiger partial charge >= 0.3 is 0 Å². The molecular weight excluding hydrogens is 814 g/mol. The summed E-state index contributed by atoms with van der Waals surface area (Å²) in [5.41, 5.74) is 2.09. The summed E-state index contributed by atoms with van der Waals surface area (Å²) >= 11 is 17.8. The summed E-state index contributed by atoms with van der Waals surface area (Å²) in [6.45, 7) is 4.42. The molecule has 0 aliphatic carbocycles. The van der Waals surface area contributed by atoms with Crippen LogP contribution in [0.5, 0.6) is 11.5 Å². The van der Waals surface area contributed by atoms with Crippen LogP contribution in [0.3, 0.4) is 0 Å². The summed E-state index contributed by atoms with van der Waals surface area (Å²) in [6.07, 6.45) is 2.43. The smallest absolute Gasteiger partial charge is 0.282 e. The highest BCUT2D eigenvalue weighted by Gasteiger charge is 2.19. The van der Waals surface area contributed by atoms with Crippen molar-refractivity contribution in [3.63, 3.8) is 0 Å². The lowest BCUT2D eigenvalue weighted by atomic mass is 10.1. The zero-order chi connectivity index (χ0) is 27.6. The lowest BCUT2D eigenvalue weighted by Gasteiger charge is -2.16. The number of rotatable bonds is 8. The van der Waals surface area contributed by atoms with Crippen molar-refractivity contribution in [2.24, 2.45) is 5.10 Å². The molecule has 0 aliphatic heterocycles. The molecule has 0 aliphatic rings. The van der Waals surface area contributed by atoms with E-state index in [0.29, 0.717) is 49.3 Å². The molecule has 0 saturated carbocycles. The van der Waals surface area contributed by atoms with E-state index < -0.39 is 0 Å². The van der Waals surface area contributed by atoms with Gasteiger partial charge in [0.25, 0.3) is 5.56 Å². The molecule has 11 heteroatoms. The van der Waals surface area contributed by atoms with Crippen LogP contribution in [-0.4, -0.2) is 23.0 Å². The summed E-state index contributed by atoms with van der Waals surface area (Å²) in [5.74, 6) is 1.70. The highest BCUT2D eigenvalue weighted by molar-refractivity contribution is 9.13. The number of methoxy groups -OCH3 is 1. The lowest BCUT2D eigenvalue weighted by molar-refractivity contribution is 0.281. The van der Waals surface area contributed by atoms with E-state index in [0.717, 1.165) is 25.4 Å². The Morgan fingerprint density at radius 3 is 2.42 bits per heavy atom. The van der Waals surface area contributed by atoms with E-state index in [-0.39, 0.29) is 11.5 Å². The standard InChI is InChI=1S/C27H22Br5N3O3/c1-4-14(2)26-34-21-8-7-17(28)10-19(21)27(36)35(26)33-12-16-9-22(37-3)25(24(32)23(16)31)38-13-15-5-6-18(29)11-20(15)30/h5-12,14H,4,13H2,1-3H3/t14-/m0/s1. The van der Waals surface area contributed by atoms with E-state index in [1.54, 1.807) is 19.4 Å². The predicted molar refractivity (Wildman–Crippen MR) is 170 cm³/mol. The average molecular weight is 836 g/mol. The molecule has 0 amide bonds. The van der Waals surface area contributed by atoms with Gasteiger partial charge in [0.05, 0.1) is 28.7 Å². The average Bonchev–Trinajstić information content (AvgIpc) is 2.90. The number of nitrogens with zero attached hydrogens (tertiary/aromatic N) is 3. The van der Waals surface area contributed by atoms with Crippen molar-refractivity contribution >= 4 is 96.8 Å². The Morgan fingerprint density at radius 1 is 1.03 bits per heavy atom. The topological polar surface area (TPSA) is 65.7 Å². The van der Waals surface area contributed by atoms with Crippen LogP contribution in [0.2, 0.25) is 0 Å². The maximum Gasteiger partial charge on any atom is 0.282 e. The molecule has 198 valence electrons. The number of ether oxygens (including phenoxy) is 2. The van der Waals surface area contributed by atoms with Gasteiger partial charge < -0.3 is 9.47 Å². The SMILES string of the molecule is CC[C@H](C)c1nc2ccc(Br)cc2c(=O)n1N=Cc1cc(OC)c(OCc2ccc(Br)cc2Br)c(Br)c1Br. The van der Waals surface area contributed by atoms with E-state index in [9.17, 15) is 4.79 Å². The lowest BCUT2D eigenvalue weighted by Crippen LogP contribution is -2.23. The van der Waals surface area contributed by atoms with Crippen molar-refractivity contribution in [3.8, 4) is 11.5 Å². The van der Waals surface area contributed by atoms with Crippen molar-refractivity contribution < 1.29 is 9.47 Å². The molecule has 1 aromatic heterocycles. The Bertz CT molecular complexity index is 1600. The molecule has 3 aromatic carbocycles. The van der Waals surface area contributed by atoms with Gasteiger partial charge in [0.2, 0.25) is 0 Å². The van der Waals surface area contributed by atoms with Gasteiger partial charge in [-0.1, -0.05) is 67.7 Å². The van der Waals surface area contributed by atoms with E-state index in [2.05, 4.69) is 91.7 Å². The van der Waals surface area contributed by atoms with Gasteiger partial charge in [-0.05, 0) is 74.7 Å². The van der Waals surface area contributed by atoms with Crippen molar-refractivity contribution in [2.75, 3.05) is 7.11 Å². The maximum atomic E-state index is 13.5. The molecule has 4 aromatic rings. The van der Waals surface area contributed by atoms with Crippen LogP contribution < -0.4 is 15.0 Å². The van der Waals surface area contributed by atoms with Gasteiger partial charge in [0.1, 0.15) is 12.4 Å². The second kappa shape index (κ2) is 12.8. The molecule has 1 atom stereocenters. The van der Waals surface area contributed by atoms with Crippen LogP contribution in [-0.2, 0) is 6.61 Å². The van der Waals surface area contributed by atoms with Crippen molar-refractivity contribution in [1.82, 2.24) is 9.66 Å². The summed E-state index contributed by atoms with van der Waals surface area (Å²) in [6, 6.07) is 13.2. The third-order valence-corrected chi connectivity index (χ3v) is 9.83. The first-order chi connectivity index (χ1) is 18.1. The summed E-state index contributed by atoms with van der Waals surface area (Å²) < 4.78 is 17.3. The molecule has 1 heterocycles. The number of hydrogen-bond acceptors (Lipinski definition) is 5. The fraction of sp³-hybridized carbons (Fsp3) is 0.222. The first-order valence-electron chi connectivity index (χ1n) is 11.5. The van der Waals surface area contributed by atoms with E-state index in [1.807, 2.05) is 43.3 Å². The Hall–Kier alpha value is -1.53. The fourth-order valence-corrected chi connectivity index (χ4v) is 6.13. The Balaban J connectivity index is 1.74. The molecule has 0 bridgehead atoms. The van der Waals surface area contributed by atoms with Crippen LogP contribution in [0.4, 0.5) is 0 Å². The van der Waals surface area contributed by atoms with Crippen molar-refractivity contribution in [1.29, 1.82) is 0 Å². The van der Waals surface area contributed by atoms with Crippen LogP contribution in [0, 0.1) is 0 Å².